The van der Waals surface area contributed by atoms with Gasteiger partial charge in [0.05, 0.1) is 6.54 Å². The average molecular weight is 338 g/mol. The Morgan fingerprint density at radius 3 is 2.88 bits per heavy atom. The van der Waals surface area contributed by atoms with Crippen LogP contribution in [-0.4, -0.2) is 30.4 Å². The molecule has 4 rings (SSSR count). The molecule has 0 saturated heterocycles. The van der Waals surface area contributed by atoms with Crippen molar-refractivity contribution in [1.82, 2.24) is 29.8 Å². The topological polar surface area (TPSA) is 98.2 Å². The van der Waals surface area contributed by atoms with Gasteiger partial charge in [-0.1, -0.05) is 17.3 Å². The lowest BCUT2D eigenvalue weighted by atomic mass is 10.3. The highest BCUT2D eigenvalue weighted by molar-refractivity contribution is 5.93. The zero-order valence-corrected chi connectivity index (χ0v) is 12.8. The second-order valence-corrected chi connectivity index (χ2v) is 5.09. The lowest BCUT2D eigenvalue weighted by molar-refractivity contribution is 0.0937. The maximum atomic E-state index is 14.2. The number of halogens is 1. The Balaban J connectivity index is 1.48. The molecular weight excluding hydrogens is 327 g/mol. The Hall–Kier alpha value is -3.62. The lowest BCUT2D eigenvalue weighted by Gasteiger charge is -1.98. The maximum absolute atomic E-state index is 14.2. The quantitative estimate of drug-likeness (QED) is 0.610. The van der Waals surface area contributed by atoms with Crippen LogP contribution in [0.15, 0.2) is 53.3 Å². The number of nitrogens with zero attached hydrogens (tertiary/aromatic N) is 5. The Bertz CT molecular complexity index is 1040. The van der Waals surface area contributed by atoms with Gasteiger partial charge in [0.25, 0.3) is 5.91 Å². The number of imidazole rings is 1. The molecular formula is C16H11FN6O2. The fourth-order valence-corrected chi connectivity index (χ4v) is 2.28. The lowest BCUT2D eigenvalue weighted by Crippen LogP contribution is -2.24. The second kappa shape index (κ2) is 6.11. The molecule has 0 aliphatic rings. The summed E-state index contributed by atoms with van der Waals surface area (Å²) in [4.78, 5) is 24.4. The molecule has 0 aromatic carbocycles. The highest BCUT2D eigenvalue weighted by Crippen LogP contribution is 2.13. The van der Waals surface area contributed by atoms with Gasteiger partial charge in [0.15, 0.2) is 5.69 Å². The zero-order valence-electron chi connectivity index (χ0n) is 12.8. The normalized spacial score (nSPS) is 10.9. The number of aromatic nitrogens is 5. The highest BCUT2D eigenvalue weighted by Gasteiger charge is 2.19. The molecule has 4 aromatic heterocycles. The number of rotatable bonds is 4. The minimum Gasteiger partial charge on any atom is -0.341 e. The Labute approximate surface area is 140 Å². The van der Waals surface area contributed by atoms with Gasteiger partial charge >= 0.3 is 0 Å². The van der Waals surface area contributed by atoms with E-state index in [9.17, 15) is 9.18 Å². The highest BCUT2D eigenvalue weighted by atomic mass is 19.1. The molecule has 0 aliphatic carbocycles. The molecule has 25 heavy (non-hydrogen) atoms. The molecule has 1 amide bonds. The van der Waals surface area contributed by atoms with Gasteiger partial charge in [0.2, 0.25) is 17.7 Å². The number of pyridine rings is 2. The summed E-state index contributed by atoms with van der Waals surface area (Å²) in [6.45, 7) is -0.0496. The smallest absolute Gasteiger partial charge is 0.275 e. The number of amides is 1. The van der Waals surface area contributed by atoms with Crippen LogP contribution < -0.4 is 5.32 Å². The molecule has 1 N–H and O–H groups in total. The van der Waals surface area contributed by atoms with Gasteiger partial charge in [0.1, 0.15) is 11.3 Å². The van der Waals surface area contributed by atoms with E-state index in [0.29, 0.717) is 17.2 Å². The minimum atomic E-state index is -0.729. The minimum absolute atomic E-state index is 0.0496. The SMILES string of the molecule is O=C(NCc1nc(-c2ccccn2)no1)c1nc2ccccn2c1F. The monoisotopic (exact) mass is 338 g/mol. The molecule has 0 radical (unpaired) electrons. The molecule has 0 aliphatic heterocycles. The van der Waals surface area contributed by atoms with Crippen molar-refractivity contribution in [3.8, 4) is 11.5 Å². The number of carbonyl (C=O) groups excluding carboxylic acids is 1. The maximum Gasteiger partial charge on any atom is 0.275 e. The van der Waals surface area contributed by atoms with Crippen LogP contribution in [0.25, 0.3) is 17.2 Å². The van der Waals surface area contributed by atoms with E-state index in [1.807, 2.05) is 0 Å². The third-order valence-corrected chi connectivity index (χ3v) is 3.45. The molecule has 4 aromatic rings. The molecule has 0 bridgehead atoms. The number of nitrogens with one attached hydrogen (secondary N) is 1. The molecule has 0 spiro atoms. The second-order valence-electron chi connectivity index (χ2n) is 5.09. The summed E-state index contributed by atoms with van der Waals surface area (Å²) in [5, 5.41) is 6.31. The van der Waals surface area contributed by atoms with Crippen LogP contribution in [0.3, 0.4) is 0 Å². The molecule has 0 atom stereocenters. The first-order valence-electron chi connectivity index (χ1n) is 7.37. The van der Waals surface area contributed by atoms with Crippen LogP contribution in [0, 0.1) is 5.95 Å². The third kappa shape index (κ3) is 2.82. The number of hydrogen-bond acceptors (Lipinski definition) is 6. The number of carbonyl (C=O) groups is 1. The summed E-state index contributed by atoms with van der Waals surface area (Å²) < 4.78 is 20.5. The van der Waals surface area contributed by atoms with E-state index in [1.165, 1.54) is 10.6 Å². The van der Waals surface area contributed by atoms with Crippen LogP contribution in [-0.2, 0) is 6.54 Å². The van der Waals surface area contributed by atoms with Gasteiger partial charge < -0.3 is 9.84 Å². The Morgan fingerprint density at radius 1 is 1.20 bits per heavy atom. The summed E-state index contributed by atoms with van der Waals surface area (Å²) in [5.41, 5.74) is 0.603. The van der Waals surface area contributed by atoms with Gasteiger partial charge in [-0.25, -0.2) is 4.98 Å². The van der Waals surface area contributed by atoms with Gasteiger partial charge in [-0.2, -0.15) is 9.37 Å². The molecule has 0 unspecified atom stereocenters. The van der Waals surface area contributed by atoms with Crippen molar-refractivity contribution >= 4 is 11.6 Å². The van der Waals surface area contributed by atoms with Crippen molar-refractivity contribution in [3.05, 3.63) is 66.3 Å². The van der Waals surface area contributed by atoms with Crippen LogP contribution in [0.2, 0.25) is 0 Å². The fraction of sp³-hybridized carbons (Fsp3) is 0.0625. The standard InChI is InChI=1S/C16H11FN6O2/c17-14-13(20-11-6-2-4-8-23(11)14)16(24)19-9-12-21-15(22-25-12)10-5-1-3-7-18-10/h1-8H,9H2,(H,19,24). The summed E-state index contributed by atoms with van der Waals surface area (Å²) in [6, 6.07) is 10.3. The Kier molecular flexibility index (Phi) is 3.65. The number of fused-ring (bicyclic) bond motifs is 1. The van der Waals surface area contributed by atoms with E-state index in [4.69, 9.17) is 4.52 Å². The number of hydrogen-bond donors (Lipinski definition) is 1. The molecule has 4 heterocycles. The molecule has 9 heteroatoms. The predicted octanol–water partition coefficient (Wildman–Crippen LogP) is 1.85. The van der Waals surface area contributed by atoms with Crippen molar-refractivity contribution in [2.75, 3.05) is 0 Å². The molecule has 8 nitrogen and oxygen atoms in total. The first kappa shape index (κ1) is 14.9. The zero-order chi connectivity index (χ0) is 17.2. The van der Waals surface area contributed by atoms with E-state index in [1.54, 1.807) is 42.6 Å². The van der Waals surface area contributed by atoms with Crippen LogP contribution in [0.5, 0.6) is 0 Å². The Morgan fingerprint density at radius 2 is 2.08 bits per heavy atom. The van der Waals surface area contributed by atoms with E-state index >= 15 is 0 Å². The van der Waals surface area contributed by atoms with Crippen molar-refractivity contribution < 1.29 is 13.7 Å². The average Bonchev–Trinajstić information content (AvgIpc) is 3.26. The van der Waals surface area contributed by atoms with Crippen molar-refractivity contribution in [1.29, 1.82) is 0 Å². The van der Waals surface area contributed by atoms with Gasteiger partial charge in [-0.05, 0) is 24.3 Å². The van der Waals surface area contributed by atoms with E-state index in [2.05, 4.69) is 25.4 Å². The third-order valence-electron chi connectivity index (χ3n) is 3.45. The van der Waals surface area contributed by atoms with Crippen molar-refractivity contribution in [3.63, 3.8) is 0 Å². The van der Waals surface area contributed by atoms with E-state index in [-0.39, 0.29) is 18.1 Å². The molecule has 0 saturated carbocycles. The van der Waals surface area contributed by atoms with Crippen LogP contribution in [0.4, 0.5) is 4.39 Å². The summed E-state index contributed by atoms with van der Waals surface area (Å²) >= 11 is 0. The fourth-order valence-electron chi connectivity index (χ4n) is 2.28. The van der Waals surface area contributed by atoms with Crippen LogP contribution >= 0.6 is 0 Å². The van der Waals surface area contributed by atoms with Crippen molar-refractivity contribution in [2.45, 2.75) is 6.54 Å². The molecule has 0 fully saturated rings. The predicted molar refractivity (Wildman–Crippen MR) is 83.8 cm³/mol. The van der Waals surface area contributed by atoms with Crippen molar-refractivity contribution in [2.24, 2.45) is 0 Å². The van der Waals surface area contributed by atoms with Gasteiger partial charge in [-0.15, -0.1) is 0 Å². The van der Waals surface area contributed by atoms with E-state index in [0.717, 1.165) is 0 Å². The first-order valence-corrected chi connectivity index (χ1v) is 7.37. The van der Waals surface area contributed by atoms with Gasteiger partial charge in [-0.3, -0.25) is 14.2 Å². The molecule has 124 valence electrons. The van der Waals surface area contributed by atoms with Gasteiger partial charge in [0, 0.05) is 12.4 Å². The van der Waals surface area contributed by atoms with E-state index < -0.39 is 11.9 Å². The first-order chi connectivity index (χ1) is 12.2. The van der Waals surface area contributed by atoms with Crippen LogP contribution in [0.1, 0.15) is 16.4 Å². The summed E-state index contributed by atoms with van der Waals surface area (Å²) in [5.74, 6) is -0.909. The summed E-state index contributed by atoms with van der Waals surface area (Å²) in [6.07, 6.45) is 3.10. The summed E-state index contributed by atoms with van der Waals surface area (Å²) in [7, 11) is 0. The largest absolute Gasteiger partial charge is 0.341 e.